The molecular weight excluding hydrogens is 493 g/mol. The summed E-state index contributed by atoms with van der Waals surface area (Å²) in [5, 5.41) is 22.1. The molecular formula is C31H18N4S2. The third-order valence-electron chi connectivity index (χ3n) is 7.09. The predicted octanol–water partition coefficient (Wildman–Crippen LogP) is 8.07. The van der Waals surface area contributed by atoms with E-state index in [9.17, 15) is 10.5 Å². The molecule has 0 N–H and O–H groups in total. The maximum absolute atomic E-state index is 10.2. The van der Waals surface area contributed by atoms with Crippen LogP contribution >= 0.6 is 22.7 Å². The molecule has 2 atom stereocenters. The van der Waals surface area contributed by atoms with Crippen LogP contribution in [0.2, 0.25) is 0 Å². The van der Waals surface area contributed by atoms with Gasteiger partial charge in [-0.25, -0.2) is 4.98 Å². The van der Waals surface area contributed by atoms with Crippen molar-refractivity contribution >= 4 is 65.5 Å². The lowest BCUT2D eigenvalue weighted by Gasteiger charge is -2.09. The van der Waals surface area contributed by atoms with Gasteiger partial charge in [0.15, 0.2) is 0 Å². The number of fused-ring (bicyclic) bond motifs is 3. The molecule has 1 fully saturated rings. The number of hydrogen-bond donors (Lipinski definition) is 0. The molecule has 4 heterocycles. The van der Waals surface area contributed by atoms with E-state index in [-0.39, 0.29) is 5.92 Å². The summed E-state index contributed by atoms with van der Waals surface area (Å²) >= 11 is 3.41. The molecule has 2 unspecified atom stereocenters. The van der Waals surface area contributed by atoms with Gasteiger partial charge in [0.05, 0.1) is 34.1 Å². The molecule has 1 saturated carbocycles. The highest BCUT2D eigenvalue weighted by Crippen LogP contribution is 2.61. The zero-order chi connectivity index (χ0) is 25.0. The highest BCUT2D eigenvalue weighted by Gasteiger charge is 2.58. The second-order valence-corrected chi connectivity index (χ2v) is 11.5. The molecule has 0 aliphatic heterocycles. The first-order chi connectivity index (χ1) is 18.2. The lowest BCUT2D eigenvalue weighted by Crippen LogP contribution is -2.08. The fourth-order valence-electron chi connectivity index (χ4n) is 5.02. The molecule has 1 aliphatic carbocycles. The Hall–Kier alpha value is -4.36. The topological polar surface area (TPSA) is 73.4 Å². The highest BCUT2D eigenvalue weighted by molar-refractivity contribution is 7.28. The first kappa shape index (κ1) is 21.9. The number of benzene rings is 2. The van der Waals surface area contributed by atoms with E-state index in [2.05, 4.69) is 35.3 Å². The number of thiophene rings is 2. The monoisotopic (exact) mass is 510 g/mol. The van der Waals surface area contributed by atoms with Gasteiger partial charge in [-0.1, -0.05) is 48.5 Å². The SMILES string of the molecule is N#C/C(=C\c1cc2sc(C3CC3(C#N)c3ccc4ccccc4n3)cc2s1)c1ccc2ccccc2n1. The number of hydrogen-bond acceptors (Lipinski definition) is 6. The van der Waals surface area contributed by atoms with Gasteiger partial charge in [0.1, 0.15) is 11.5 Å². The van der Waals surface area contributed by atoms with Gasteiger partial charge in [0.25, 0.3) is 0 Å². The third kappa shape index (κ3) is 3.62. The summed E-state index contributed by atoms with van der Waals surface area (Å²) in [6.07, 6.45) is 2.71. The summed E-state index contributed by atoms with van der Waals surface area (Å²) in [6, 6.07) is 33.2. The normalized spacial score (nSPS) is 19.2. The third-order valence-corrected chi connectivity index (χ3v) is 9.44. The zero-order valence-corrected chi connectivity index (χ0v) is 21.2. The number of rotatable bonds is 4. The second kappa shape index (κ2) is 8.35. The molecule has 4 aromatic heterocycles. The van der Waals surface area contributed by atoms with Gasteiger partial charge in [-0.15, -0.1) is 22.7 Å². The van der Waals surface area contributed by atoms with Crippen molar-refractivity contribution in [1.82, 2.24) is 9.97 Å². The highest BCUT2D eigenvalue weighted by atomic mass is 32.1. The lowest BCUT2D eigenvalue weighted by atomic mass is 9.98. The van der Waals surface area contributed by atoms with Crippen LogP contribution in [0.1, 0.15) is 33.5 Å². The quantitative estimate of drug-likeness (QED) is 0.225. The molecule has 0 bridgehead atoms. The minimum atomic E-state index is -0.560. The van der Waals surface area contributed by atoms with Crippen LogP contribution in [-0.2, 0) is 5.41 Å². The van der Waals surface area contributed by atoms with Crippen molar-refractivity contribution in [1.29, 1.82) is 10.5 Å². The smallest absolute Gasteiger partial charge is 0.108 e. The van der Waals surface area contributed by atoms with Crippen LogP contribution in [0.5, 0.6) is 0 Å². The van der Waals surface area contributed by atoms with Crippen LogP contribution in [0, 0.1) is 22.7 Å². The number of nitrogens with zero attached hydrogens (tertiary/aromatic N) is 4. The number of aromatic nitrogens is 2. The largest absolute Gasteiger partial charge is 0.251 e. The summed E-state index contributed by atoms with van der Waals surface area (Å²) in [4.78, 5) is 11.8. The van der Waals surface area contributed by atoms with Crippen LogP contribution in [0.25, 0.3) is 42.9 Å². The van der Waals surface area contributed by atoms with E-state index in [1.54, 1.807) is 22.7 Å². The van der Waals surface area contributed by atoms with Gasteiger partial charge in [0, 0.05) is 35.8 Å². The molecule has 1 aliphatic rings. The van der Waals surface area contributed by atoms with Gasteiger partial charge < -0.3 is 0 Å². The Labute approximate surface area is 221 Å². The van der Waals surface area contributed by atoms with Gasteiger partial charge in [-0.3, -0.25) is 4.98 Å². The van der Waals surface area contributed by atoms with E-state index >= 15 is 0 Å². The summed E-state index contributed by atoms with van der Waals surface area (Å²) in [5.41, 5.74) is 3.34. The second-order valence-electron chi connectivity index (χ2n) is 9.31. The number of para-hydroxylation sites is 2. The van der Waals surface area contributed by atoms with E-state index < -0.39 is 5.41 Å². The van der Waals surface area contributed by atoms with Crippen LogP contribution in [0.15, 0.2) is 84.9 Å². The van der Waals surface area contributed by atoms with Crippen molar-refractivity contribution in [2.75, 3.05) is 0 Å². The minimum absolute atomic E-state index is 0.159. The van der Waals surface area contributed by atoms with Gasteiger partial charge in [-0.05, 0) is 48.9 Å². The molecule has 4 nitrogen and oxygen atoms in total. The van der Waals surface area contributed by atoms with Crippen LogP contribution in [0.3, 0.4) is 0 Å². The Morgan fingerprint density at radius 3 is 2.27 bits per heavy atom. The van der Waals surface area contributed by atoms with Crippen molar-refractivity contribution < 1.29 is 0 Å². The van der Waals surface area contributed by atoms with Crippen molar-refractivity contribution in [2.45, 2.75) is 17.8 Å². The average Bonchev–Trinajstić information content (AvgIpc) is 3.40. The first-order valence-electron chi connectivity index (χ1n) is 12.0. The van der Waals surface area contributed by atoms with E-state index in [1.165, 1.54) is 14.3 Å². The van der Waals surface area contributed by atoms with Crippen LogP contribution < -0.4 is 0 Å². The van der Waals surface area contributed by atoms with Crippen molar-refractivity contribution in [2.24, 2.45) is 0 Å². The van der Waals surface area contributed by atoms with E-state index in [1.807, 2.05) is 72.8 Å². The molecule has 0 saturated heterocycles. The van der Waals surface area contributed by atoms with Gasteiger partial charge in [-0.2, -0.15) is 10.5 Å². The van der Waals surface area contributed by atoms with Crippen molar-refractivity contribution in [3.63, 3.8) is 0 Å². The molecule has 0 radical (unpaired) electrons. The Bertz CT molecular complexity index is 1940. The molecule has 0 spiro atoms. The summed E-state index contributed by atoms with van der Waals surface area (Å²) < 4.78 is 2.36. The predicted molar refractivity (Wildman–Crippen MR) is 151 cm³/mol. The lowest BCUT2D eigenvalue weighted by molar-refractivity contribution is 0.827. The van der Waals surface area contributed by atoms with E-state index in [0.29, 0.717) is 11.3 Å². The number of allylic oxidation sites excluding steroid dienone is 1. The summed E-state index contributed by atoms with van der Waals surface area (Å²) in [6.45, 7) is 0. The molecule has 37 heavy (non-hydrogen) atoms. The van der Waals surface area contributed by atoms with Crippen LogP contribution in [-0.4, -0.2) is 9.97 Å². The van der Waals surface area contributed by atoms with E-state index in [4.69, 9.17) is 4.98 Å². The molecule has 7 rings (SSSR count). The fraction of sp³-hybridized carbons (Fsp3) is 0.0968. The molecule has 0 amide bonds. The molecule has 174 valence electrons. The fourth-order valence-corrected chi connectivity index (χ4v) is 7.58. The summed E-state index contributed by atoms with van der Waals surface area (Å²) in [7, 11) is 0. The van der Waals surface area contributed by atoms with Crippen molar-refractivity contribution in [3.8, 4) is 12.1 Å². The van der Waals surface area contributed by atoms with Gasteiger partial charge in [0.2, 0.25) is 0 Å². The maximum atomic E-state index is 10.2. The zero-order valence-electron chi connectivity index (χ0n) is 19.6. The van der Waals surface area contributed by atoms with E-state index in [0.717, 1.165) is 38.8 Å². The molecule has 6 heteroatoms. The number of nitriles is 2. The Balaban J connectivity index is 1.19. The van der Waals surface area contributed by atoms with Gasteiger partial charge >= 0.3 is 0 Å². The maximum Gasteiger partial charge on any atom is 0.108 e. The summed E-state index contributed by atoms with van der Waals surface area (Å²) in [5.74, 6) is 0.159. The van der Waals surface area contributed by atoms with Crippen molar-refractivity contribution in [3.05, 3.63) is 106 Å². The van der Waals surface area contributed by atoms with Crippen LogP contribution in [0.4, 0.5) is 0 Å². The Kier molecular flexibility index (Phi) is 4.94. The Morgan fingerprint density at radius 1 is 0.838 bits per heavy atom. The standard InChI is InChI=1S/C31H18N4S2/c32-17-21(26-11-9-19-5-1-3-7-24(19)34-26)13-22-14-28-29(36-22)15-27(37-28)23-16-31(23,18-33)30-12-10-20-6-2-4-8-25(20)35-30/h1-15,23H,16H2/b21-13+. The molecule has 6 aromatic rings. The Morgan fingerprint density at radius 2 is 1.54 bits per heavy atom. The first-order valence-corrected chi connectivity index (χ1v) is 13.6. The minimum Gasteiger partial charge on any atom is -0.251 e. The number of pyridine rings is 2. The average molecular weight is 511 g/mol. The molecule has 2 aromatic carbocycles.